The number of para-hydroxylation sites is 1. The molecule has 0 bridgehead atoms. The molecule has 2 rings (SSSR count). The average molecular weight is 259 g/mol. The summed E-state index contributed by atoms with van der Waals surface area (Å²) in [7, 11) is 0. The Morgan fingerprint density at radius 1 is 1.37 bits per heavy atom. The highest BCUT2D eigenvalue weighted by Crippen LogP contribution is 2.15. The largest absolute Gasteiger partial charge is 0.370 e. The van der Waals surface area contributed by atoms with E-state index in [4.69, 9.17) is 5.73 Å². The van der Waals surface area contributed by atoms with Crippen molar-refractivity contribution in [3.8, 4) is 0 Å². The van der Waals surface area contributed by atoms with Gasteiger partial charge < -0.3 is 15.6 Å². The molecule has 102 valence electrons. The molecule has 0 aliphatic rings. The molecular weight excluding hydrogens is 238 g/mol. The van der Waals surface area contributed by atoms with E-state index in [9.17, 15) is 0 Å². The average Bonchev–Trinajstić information content (AvgIpc) is 2.82. The van der Waals surface area contributed by atoms with Crippen LogP contribution in [0, 0.1) is 6.92 Å². The molecule has 0 fully saturated rings. The number of imidazole rings is 1. The van der Waals surface area contributed by atoms with Gasteiger partial charge in [0.2, 0.25) is 0 Å². The summed E-state index contributed by atoms with van der Waals surface area (Å²) < 4.78 is 0. The number of guanidine groups is 1. The van der Waals surface area contributed by atoms with E-state index in [1.165, 1.54) is 5.56 Å². The maximum absolute atomic E-state index is 5.95. The molecule has 0 spiro atoms. The van der Waals surface area contributed by atoms with Gasteiger partial charge in [-0.15, -0.1) is 0 Å². The van der Waals surface area contributed by atoms with Crippen molar-refractivity contribution in [2.75, 3.05) is 13.1 Å². The van der Waals surface area contributed by atoms with Gasteiger partial charge in [0, 0.05) is 13.1 Å². The summed E-state index contributed by atoms with van der Waals surface area (Å²) in [6, 6.07) is 6.10. The third-order valence-corrected chi connectivity index (χ3v) is 3.24. The molecule has 5 heteroatoms. The standard InChI is InChI=1S/C14H21N5/c1-4-19(5-2)14(15)16-9-12-17-11-8-6-7-10(3)13(11)18-12/h6-8H,4-5,9H2,1-3H3,(H2,15,16)(H,17,18). The highest BCUT2D eigenvalue weighted by atomic mass is 15.2. The smallest absolute Gasteiger partial charge is 0.191 e. The van der Waals surface area contributed by atoms with Crippen molar-refractivity contribution >= 4 is 17.0 Å². The third-order valence-electron chi connectivity index (χ3n) is 3.24. The van der Waals surface area contributed by atoms with Crippen molar-refractivity contribution in [3.05, 3.63) is 29.6 Å². The molecular formula is C14H21N5. The maximum Gasteiger partial charge on any atom is 0.191 e. The van der Waals surface area contributed by atoms with Gasteiger partial charge in [0.15, 0.2) is 5.96 Å². The lowest BCUT2D eigenvalue weighted by atomic mass is 10.2. The van der Waals surface area contributed by atoms with E-state index >= 15 is 0 Å². The van der Waals surface area contributed by atoms with Crippen molar-refractivity contribution in [3.63, 3.8) is 0 Å². The van der Waals surface area contributed by atoms with Crippen LogP contribution in [0.2, 0.25) is 0 Å². The van der Waals surface area contributed by atoms with Crippen molar-refractivity contribution in [2.24, 2.45) is 10.7 Å². The van der Waals surface area contributed by atoms with Crippen molar-refractivity contribution in [2.45, 2.75) is 27.3 Å². The van der Waals surface area contributed by atoms with Crippen molar-refractivity contribution in [1.29, 1.82) is 0 Å². The SMILES string of the molecule is CCN(CC)C(N)=NCc1nc2c(C)cccc2[nH]1. The maximum atomic E-state index is 5.95. The minimum atomic E-state index is 0.483. The van der Waals surface area contributed by atoms with Crippen molar-refractivity contribution < 1.29 is 0 Å². The Labute approximate surface area is 113 Å². The summed E-state index contributed by atoms with van der Waals surface area (Å²) in [4.78, 5) is 14.2. The number of nitrogens with two attached hydrogens (primary N) is 1. The zero-order valence-corrected chi connectivity index (χ0v) is 11.8. The van der Waals surface area contributed by atoms with Crippen LogP contribution in [0.1, 0.15) is 25.2 Å². The second-order valence-corrected chi connectivity index (χ2v) is 4.50. The van der Waals surface area contributed by atoms with Gasteiger partial charge in [0.1, 0.15) is 12.4 Å². The molecule has 1 heterocycles. The van der Waals surface area contributed by atoms with E-state index in [-0.39, 0.29) is 0 Å². The second-order valence-electron chi connectivity index (χ2n) is 4.50. The van der Waals surface area contributed by atoms with E-state index < -0.39 is 0 Å². The van der Waals surface area contributed by atoms with Gasteiger partial charge in [0.05, 0.1) is 11.0 Å². The molecule has 1 aromatic heterocycles. The van der Waals surface area contributed by atoms with Gasteiger partial charge in [-0.3, -0.25) is 0 Å². The highest BCUT2D eigenvalue weighted by Gasteiger charge is 2.05. The summed E-state index contributed by atoms with van der Waals surface area (Å²) in [5.74, 6) is 1.42. The molecule has 19 heavy (non-hydrogen) atoms. The van der Waals surface area contributed by atoms with E-state index in [0.29, 0.717) is 12.5 Å². The van der Waals surface area contributed by atoms with Gasteiger partial charge in [-0.25, -0.2) is 9.98 Å². The summed E-state index contributed by atoms with van der Waals surface area (Å²) >= 11 is 0. The van der Waals surface area contributed by atoms with Crippen LogP contribution >= 0.6 is 0 Å². The first-order valence-electron chi connectivity index (χ1n) is 6.64. The first-order valence-corrected chi connectivity index (χ1v) is 6.64. The van der Waals surface area contributed by atoms with Crippen LogP contribution in [-0.2, 0) is 6.54 Å². The van der Waals surface area contributed by atoms with Crippen LogP contribution < -0.4 is 5.73 Å². The minimum absolute atomic E-state index is 0.483. The Morgan fingerprint density at radius 3 is 2.74 bits per heavy atom. The van der Waals surface area contributed by atoms with Gasteiger partial charge >= 0.3 is 0 Å². The fourth-order valence-corrected chi connectivity index (χ4v) is 2.10. The number of nitrogens with zero attached hydrogens (tertiary/aromatic N) is 3. The number of aromatic nitrogens is 2. The molecule has 0 radical (unpaired) electrons. The second kappa shape index (κ2) is 5.73. The number of rotatable bonds is 4. The predicted molar refractivity (Wildman–Crippen MR) is 79.1 cm³/mol. The molecule has 5 nitrogen and oxygen atoms in total. The van der Waals surface area contributed by atoms with Gasteiger partial charge in [-0.1, -0.05) is 12.1 Å². The molecule has 0 aliphatic carbocycles. The summed E-state index contributed by atoms with van der Waals surface area (Å²) in [6.07, 6.45) is 0. The molecule has 0 amide bonds. The fraction of sp³-hybridized carbons (Fsp3) is 0.429. The summed E-state index contributed by atoms with van der Waals surface area (Å²) in [5, 5.41) is 0. The van der Waals surface area contributed by atoms with Crippen LogP contribution in [0.15, 0.2) is 23.2 Å². The van der Waals surface area contributed by atoms with E-state index in [1.54, 1.807) is 0 Å². The quantitative estimate of drug-likeness (QED) is 0.652. The third kappa shape index (κ3) is 2.86. The Hall–Kier alpha value is -2.04. The lowest BCUT2D eigenvalue weighted by Gasteiger charge is -2.18. The molecule has 0 aliphatic heterocycles. The number of hydrogen-bond acceptors (Lipinski definition) is 2. The first kappa shape index (κ1) is 13.4. The molecule has 1 aromatic carbocycles. The normalized spacial score (nSPS) is 12.1. The topological polar surface area (TPSA) is 70.3 Å². The Bertz CT molecular complexity index is 581. The van der Waals surface area contributed by atoms with Crippen LogP contribution in [0.4, 0.5) is 0 Å². The zero-order chi connectivity index (χ0) is 13.8. The first-order chi connectivity index (χ1) is 9.15. The fourth-order valence-electron chi connectivity index (χ4n) is 2.10. The van der Waals surface area contributed by atoms with E-state index in [0.717, 1.165) is 29.9 Å². The lowest BCUT2D eigenvalue weighted by Crippen LogP contribution is -2.37. The van der Waals surface area contributed by atoms with Gasteiger partial charge in [-0.2, -0.15) is 0 Å². The van der Waals surface area contributed by atoms with Gasteiger partial charge in [0.25, 0.3) is 0 Å². The lowest BCUT2D eigenvalue weighted by molar-refractivity contribution is 0.458. The summed E-state index contributed by atoms with van der Waals surface area (Å²) in [5.41, 5.74) is 9.17. The number of benzene rings is 1. The van der Waals surface area contributed by atoms with Crippen LogP contribution in [0.3, 0.4) is 0 Å². The molecule has 0 saturated carbocycles. The highest BCUT2D eigenvalue weighted by molar-refractivity contribution is 5.79. The molecule has 3 N–H and O–H groups in total. The molecule has 0 saturated heterocycles. The molecule has 2 aromatic rings. The number of aromatic amines is 1. The van der Waals surface area contributed by atoms with Crippen molar-refractivity contribution in [1.82, 2.24) is 14.9 Å². The molecule has 0 unspecified atom stereocenters. The summed E-state index contributed by atoms with van der Waals surface area (Å²) in [6.45, 7) is 8.40. The Balaban J connectivity index is 2.18. The number of fused-ring (bicyclic) bond motifs is 1. The zero-order valence-electron chi connectivity index (χ0n) is 11.8. The number of hydrogen-bond donors (Lipinski definition) is 2. The number of H-pyrrole nitrogens is 1. The number of aryl methyl sites for hydroxylation is 1. The Morgan fingerprint density at radius 2 is 2.11 bits per heavy atom. The predicted octanol–water partition coefficient (Wildman–Crippen LogP) is 2.03. The van der Waals surface area contributed by atoms with Crippen LogP contribution in [-0.4, -0.2) is 33.9 Å². The monoisotopic (exact) mass is 259 g/mol. The number of aliphatic imine (C=N–C) groups is 1. The Kier molecular flexibility index (Phi) is 4.04. The minimum Gasteiger partial charge on any atom is -0.370 e. The van der Waals surface area contributed by atoms with Crippen LogP contribution in [0.5, 0.6) is 0 Å². The van der Waals surface area contributed by atoms with Gasteiger partial charge in [-0.05, 0) is 32.4 Å². The van der Waals surface area contributed by atoms with Crippen LogP contribution in [0.25, 0.3) is 11.0 Å². The van der Waals surface area contributed by atoms with E-state index in [2.05, 4.69) is 41.8 Å². The number of nitrogens with one attached hydrogen (secondary N) is 1. The molecule has 0 atom stereocenters. The van der Waals surface area contributed by atoms with E-state index in [1.807, 2.05) is 17.0 Å².